The number of imide groups is 1. The summed E-state index contributed by atoms with van der Waals surface area (Å²) >= 11 is 14.5. The number of halogens is 3. The molecular weight excluding hydrogens is 698 g/mol. The monoisotopic (exact) mass is 722 g/mol. The molecule has 9 heteroatoms. The van der Waals surface area contributed by atoms with E-state index in [2.05, 4.69) is 52.0 Å². The number of hydrogen-bond donors (Lipinski definition) is 0. The minimum Gasteiger partial charge on any atom is -0.490 e. The summed E-state index contributed by atoms with van der Waals surface area (Å²) in [7, 11) is 0. The summed E-state index contributed by atoms with van der Waals surface area (Å²) in [6.07, 6.45) is 1.54. The maximum absolute atomic E-state index is 13.9. The van der Waals surface area contributed by atoms with Crippen LogP contribution in [0.5, 0.6) is 11.5 Å². The van der Waals surface area contributed by atoms with Crippen molar-refractivity contribution < 1.29 is 19.1 Å². The van der Waals surface area contributed by atoms with Crippen LogP contribution in [0, 0.1) is 15.4 Å². The van der Waals surface area contributed by atoms with Crippen LogP contribution >= 0.6 is 45.8 Å². The first-order chi connectivity index (χ1) is 20.9. The molecule has 43 heavy (non-hydrogen) atoms. The number of carbonyl (C=O) groups excluding carboxylic acids is 2. The van der Waals surface area contributed by atoms with Crippen LogP contribution in [0.1, 0.15) is 52.1 Å². The molecule has 216 valence electrons. The lowest BCUT2D eigenvalue weighted by molar-refractivity contribution is -0.139. The molecule has 0 unspecified atom stereocenters. The third-order valence-corrected chi connectivity index (χ3v) is 9.85. The highest BCUT2D eigenvalue weighted by Gasteiger charge is 2.61. The van der Waals surface area contributed by atoms with Crippen LogP contribution < -0.4 is 9.47 Å². The molecule has 4 aromatic carbocycles. The maximum atomic E-state index is 13.9. The summed E-state index contributed by atoms with van der Waals surface area (Å²) < 4.78 is 12.8. The zero-order valence-electron chi connectivity index (χ0n) is 23.0. The number of amides is 2. The van der Waals surface area contributed by atoms with Gasteiger partial charge >= 0.3 is 0 Å². The van der Waals surface area contributed by atoms with Crippen LogP contribution in [0.25, 0.3) is 0 Å². The Hall–Kier alpha value is -3.40. The maximum Gasteiger partial charge on any atom is 0.254 e. The Morgan fingerprint density at radius 3 is 1.95 bits per heavy atom. The fourth-order valence-corrected chi connectivity index (χ4v) is 8.00. The normalized spacial score (nSPS) is 21.6. The van der Waals surface area contributed by atoms with E-state index in [4.69, 9.17) is 32.7 Å². The second-order valence-corrected chi connectivity index (χ2v) is 12.8. The lowest BCUT2D eigenvalue weighted by Crippen LogP contribution is -2.41. The first-order valence-electron chi connectivity index (χ1n) is 14.0. The van der Waals surface area contributed by atoms with Gasteiger partial charge in [0.25, 0.3) is 11.8 Å². The van der Waals surface area contributed by atoms with Gasteiger partial charge < -0.3 is 9.47 Å². The Morgan fingerprint density at radius 2 is 1.42 bits per heavy atom. The van der Waals surface area contributed by atoms with Gasteiger partial charge in [-0.2, -0.15) is 10.1 Å². The lowest BCUT2D eigenvalue weighted by Gasteiger charge is -2.45. The van der Waals surface area contributed by atoms with Crippen LogP contribution in [-0.2, 0) is 16.2 Å². The summed E-state index contributed by atoms with van der Waals surface area (Å²) in [5.41, 5.74) is 5.99. The summed E-state index contributed by atoms with van der Waals surface area (Å²) in [5, 5.41) is 6.62. The van der Waals surface area contributed by atoms with Gasteiger partial charge in [-0.15, -0.1) is 0 Å². The molecule has 2 bridgehead atoms. The third kappa shape index (κ3) is 4.73. The van der Waals surface area contributed by atoms with E-state index in [1.807, 2.05) is 43.3 Å². The Balaban J connectivity index is 1.18. The van der Waals surface area contributed by atoms with Gasteiger partial charge in [0.15, 0.2) is 11.5 Å². The van der Waals surface area contributed by atoms with Crippen molar-refractivity contribution in [2.45, 2.75) is 25.4 Å². The van der Waals surface area contributed by atoms with Crippen molar-refractivity contribution in [3.63, 3.8) is 0 Å². The van der Waals surface area contributed by atoms with E-state index in [0.29, 0.717) is 33.7 Å². The van der Waals surface area contributed by atoms with Gasteiger partial charge in [0, 0.05) is 27.4 Å². The predicted molar refractivity (Wildman–Crippen MR) is 174 cm³/mol. The van der Waals surface area contributed by atoms with Crippen molar-refractivity contribution in [3.05, 3.63) is 126 Å². The van der Waals surface area contributed by atoms with Gasteiger partial charge in [-0.05, 0) is 81.6 Å². The molecule has 1 saturated heterocycles. The van der Waals surface area contributed by atoms with Gasteiger partial charge in [-0.25, -0.2) is 0 Å². The average Bonchev–Trinajstić information content (AvgIpc) is 3.26. The second-order valence-electron chi connectivity index (χ2n) is 10.8. The molecule has 0 radical (unpaired) electrons. The lowest BCUT2D eigenvalue weighted by atomic mass is 9.55. The fraction of sp³-hybridized carbons (Fsp3) is 0.206. The fourth-order valence-electron chi connectivity index (χ4n) is 6.75. The molecule has 3 aliphatic carbocycles. The van der Waals surface area contributed by atoms with E-state index in [0.717, 1.165) is 36.4 Å². The molecule has 6 nitrogen and oxygen atoms in total. The van der Waals surface area contributed by atoms with Crippen molar-refractivity contribution in [2.24, 2.45) is 16.9 Å². The molecule has 4 aliphatic rings. The molecule has 1 heterocycles. The van der Waals surface area contributed by atoms with Gasteiger partial charge in [0.2, 0.25) is 0 Å². The molecule has 0 saturated carbocycles. The molecular formula is C34H25Cl2IN2O4. The van der Waals surface area contributed by atoms with Crippen LogP contribution in [0.3, 0.4) is 0 Å². The highest BCUT2D eigenvalue weighted by atomic mass is 127. The van der Waals surface area contributed by atoms with Crippen molar-refractivity contribution in [2.75, 3.05) is 6.61 Å². The smallest absolute Gasteiger partial charge is 0.254 e. The Morgan fingerprint density at radius 1 is 0.837 bits per heavy atom. The van der Waals surface area contributed by atoms with Crippen LogP contribution in [0.15, 0.2) is 84.0 Å². The van der Waals surface area contributed by atoms with Gasteiger partial charge in [-0.1, -0.05) is 77.8 Å². The van der Waals surface area contributed by atoms with E-state index in [9.17, 15) is 9.59 Å². The van der Waals surface area contributed by atoms with Crippen molar-refractivity contribution >= 4 is 63.8 Å². The first kappa shape index (κ1) is 28.4. The number of hydrazone groups is 1. The SMILES string of the molecule is CCOc1cc(/C=N\N2C(=O)[C@@H]3C4c5ccccc5C(c5ccccc54)[C@H]3C2=O)cc(I)c1OCc1ccc(Cl)cc1Cl. The Kier molecular flexibility index (Phi) is 7.43. The predicted octanol–water partition coefficient (Wildman–Crippen LogP) is 7.80. The van der Waals surface area contributed by atoms with E-state index < -0.39 is 11.8 Å². The van der Waals surface area contributed by atoms with Gasteiger partial charge in [0.05, 0.1) is 28.2 Å². The topological polar surface area (TPSA) is 68.2 Å². The van der Waals surface area contributed by atoms with E-state index in [-0.39, 0.29) is 30.3 Å². The quantitative estimate of drug-likeness (QED) is 0.111. The molecule has 0 spiro atoms. The molecule has 2 atom stereocenters. The molecule has 1 fully saturated rings. The van der Waals surface area contributed by atoms with Gasteiger partial charge in [-0.3, -0.25) is 9.59 Å². The molecule has 0 aromatic heterocycles. The van der Waals surface area contributed by atoms with Crippen molar-refractivity contribution in [3.8, 4) is 11.5 Å². The Bertz CT molecular complexity index is 1710. The number of carbonyl (C=O) groups is 2. The molecule has 4 aromatic rings. The molecule has 0 N–H and O–H groups in total. The standard InChI is InChI=1S/C34H25Cl2IN2O4/c1-2-42-27-14-18(13-26(37)32(27)43-17-19-11-12-20(35)15-25(19)36)16-38-39-33(40)30-28-21-7-3-4-8-22(21)29(31(30)34(39)41)24-10-6-5-9-23(24)28/h3-16,28-31H,2,17H2,1H3/b38-16-/t28?,29?,30-,31-/m1/s1. The summed E-state index contributed by atoms with van der Waals surface area (Å²) in [6.45, 7) is 2.54. The Labute approximate surface area is 272 Å². The number of hydrogen-bond acceptors (Lipinski definition) is 5. The average molecular weight is 723 g/mol. The zero-order chi connectivity index (χ0) is 29.8. The van der Waals surface area contributed by atoms with E-state index in [1.165, 1.54) is 0 Å². The van der Waals surface area contributed by atoms with Crippen molar-refractivity contribution in [1.82, 2.24) is 5.01 Å². The van der Waals surface area contributed by atoms with Gasteiger partial charge in [0.1, 0.15) is 6.61 Å². The minimum absolute atomic E-state index is 0.171. The van der Waals surface area contributed by atoms with Crippen LogP contribution in [-0.4, -0.2) is 29.6 Å². The van der Waals surface area contributed by atoms with Crippen LogP contribution in [0.2, 0.25) is 10.0 Å². The minimum atomic E-state index is -0.478. The molecule has 2 amide bonds. The number of ether oxygens (including phenoxy) is 2. The highest BCUT2D eigenvalue weighted by molar-refractivity contribution is 14.1. The summed E-state index contributed by atoms with van der Waals surface area (Å²) in [6, 6.07) is 25.3. The number of benzene rings is 4. The number of rotatable bonds is 7. The van der Waals surface area contributed by atoms with E-state index >= 15 is 0 Å². The molecule has 1 aliphatic heterocycles. The molecule has 8 rings (SSSR count). The zero-order valence-corrected chi connectivity index (χ0v) is 26.6. The summed E-state index contributed by atoms with van der Waals surface area (Å²) in [4.78, 5) is 27.7. The second kappa shape index (κ2) is 11.3. The largest absolute Gasteiger partial charge is 0.490 e. The third-order valence-electron chi connectivity index (χ3n) is 8.47. The number of nitrogens with zero attached hydrogens (tertiary/aromatic N) is 2. The first-order valence-corrected chi connectivity index (χ1v) is 15.8. The van der Waals surface area contributed by atoms with E-state index in [1.54, 1.807) is 24.4 Å². The van der Waals surface area contributed by atoms with Crippen molar-refractivity contribution in [1.29, 1.82) is 0 Å². The van der Waals surface area contributed by atoms with Crippen LogP contribution in [0.4, 0.5) is 0 Å². The summed E-state index contributed by atoms with van der Waals surface area (Å²) in [5.74, 6) is -0.724. The highest BCUT2D eigenvalue weighted by Crippen LogP contribution is 2.61.